The lowest BCUT2D eigenvalue weighted by atomic mass is 10.0. The number of aliphatic hydroxyl groups is 2. The Hall–Kier alpha value is -1.74. The molecule has 0 saturated carbocycles. The number of rotatable bonds is 5. The van der Waals surface area contributed by atoms with E-state index >= 15 is 0 Å². The third-order valence-electron chi connectivity index (χ3n) is 2.21. The second-order valence-electron chi connectivity index (χ2n) is 3.51. The first-order valence-electron chi connectivity index (χ1n) is 5.12. The predicted octanol–water partition coefficient (Wildman–Crippen LogP) is 1.92. The fourth-order valence-corrected chi connectivity index (χ4v) is 1.45. The molecule has 1 unspecified atom stereocenters. The minimum Gasteiger partial charge on any atom is -0.509 e. The molecule has 0 bridgehead atoms. The number of hydrogen-bond donors (Lipinski definition) is 2. The van der Waals surface area contributed by atoms with Gasteiger partial charge < -0.3 is 15.1 Å². The zero-order valence-corrected chi connectivity index (χ0v) is 9.21. The molecule has 1 aliphatic rings. The molecule has 16 heavy (non-hydrogen) atoms. The van der Waals surface area contributed by atoms with Gasteiger partial charge in [0.1, 0.15) is 11.9 Å². The van der Waals surface area contributed by atoms with E-state index in [0.717, 1.165) is 0 Å². The Morgan fingerprint density at radius 2 is 1.94 bits per heavy atom. The second-order valence-corrected chi connectivity index (χ2v) is 3.51. The summed E-state index contributed by atoms with van der Waals surface area (Å²) in [7, 11) is 0. The minimum atomic E-state index is -0.942. The molecule has 0 aliphatic heterocycles. The van der Waals surface area contributed by atoms with Crippen LogP contribution in [0.4, 0.5) is 0 Å². The van der Waals surface area contributed by atoms with Crippen LogP contribution < -0.4 is 0 Å². The van der Waals surface area contributed by atoms with E-state index in [9.17, 15) is 10.2 Å². The molecular formula is C13H17NO2. The smallest absolute Gasteiger partial charge is 0.137 e. The molecule has 2 N–H and O–H groups in total. The second kappa shape index (κ2) is 5.98. The Morgan fingerprint density at radius 1 is 1.31 bits per heavy atom. The molecule has 86 valence electrons. The van der Waals surface area contributed by atoms with Crippen LogP contribution in [0.25, 0.3) is 0 Å². The molecule has 0 fully saturated rings. The van der Waals surface area contributed by atoms with Crippen molar-refractivity contribution in [2.45, 2.75) is 6.10 Å². The van der Waals surface area contributed by atoms with Gasteiger partial charge in [-0.25, -0.2) is 0 Å². The lowest BCUT2D eigenvalue weighted by Gasteiger charge is -2.21. The van der Waals surface area contributed by atoms with Crippen molar-refractivity contribution < 1.29 is 10.2 Å². The summed E-state index contributed by atoms with van der Waals surface area (Å²) in [6, 6.07) is 0. The quantitative estimate of drug-likeness (QED) is 0.694. The molecule has 3 nitrogen and oxygen atoms in total. The molecule has 0 aromatic carbocycles. The highest BCUT2D eigenvalue weighted by atomic mass is 16.3. The van der Waals surface area contributed by atoms with E-state index in [0.29, 0.717) is 18.7 Å². The molecule has 0 spiro atoms. The van der Waals surface area contributed by atoms with Crippen molar-refractivity contribution in [3.8, 4) is 0 Å². The summed E-state index contributed by atoms with van der Waals surface area (Å²) < 4.78 is 0. The minimum absolute atomic E-state index is 0.0362. The summed E-state index contributed by atoms with van der Waals surface area (Å²) in [6.07, 6.45) is 9.35. The van der Waals surface area contributed by atoms with Crippen molar-refractivity contribution in [3.63, 3.8) is 0 Å². The van der Waals surface area contributed by atoms with Crippen molar-refractivity contribution in [1.82, 2.24) is 4.90 Å². The normalized spacial score (nSPS) is 21.7. The summed E-state index contributed by atoms with van der Waals surface area (Å²) in [5, 5.41) is 19.1. The van der Waals surface area contributed by atoms with Crippen LogP contribution in [0.1, 0.15) is 0 Å². The van der Waals surface area contributed by atoms with Gasteiger partial charge in [-0.1, -0.05) is 24.3 Å². The van der Waals surface area contributed by atoms with Crippen LogP contribution in [0.15, 0.2) is 61.1 Å². The van der Waals surface area contributed by atoms with Gasteiger partial charge in [-0.3, -0.25) is 0 Å². The topological polar surface area (TPSA) is 43.7 Å². The number of nitrogens with zero attached hydrogens (tertiary/aromatic N) is 1. The Bertz CT molecular complexity index is 343. The predicted molar refractivity (Wildman–Crippen MR) is 65.9 cm³/mol. The zero-order chi connectivity index (χ0) is 12.0. The first-order valence-corrected chi connectivity index (χ1v) is 5.12. The highest BCUT2D eigenvalue weighted by Crippen LogP contribution is 2.17. The van der Waals surface area contributed by atoms with Crippen molar-refractivity contribution in [3.05, 3.63) is 61.1 Å². The maximum absolute atomic E-state index is 9.71. The Balaban J connectivity index is 2.80. The lowest BCUT2D eigenvalue weighted by Crippen LogP contribution is -2.22. The molecule has 0 amide bonds. The molecular weight excluding hydrogens is 202 g/mol. The molecule has 0 saturated heterocycles. The largest absolute Gasteiger partial charge is 0.509 e. The monoisotopic (exact) mass is 219 g/mol. The van der Waals surface area contributed by atoms with Gasteiger partial charge in [-0.05, 0) is 6.08 Å². The van der Waals surface area contributed by atoms with Crippen LogP contribution in [0.5, 0.6) is 0 Å². The Kier molecular flexibility index (Phi) is 4.61. The van der Waals surface area contributed by atoms with Crippen molar-refractivity contribution in [2.24, 2.45) is 0 Å². The van der Waals surface area contributed by atoms with Crippen molar-refractivity contribution in [1.29, 1.82) is 0 Å². The highest BCUT2D eigenvalue weighted by molar-refractivity contribution is 5.36. The van der Waals surface area contributed by atoms with E-state index < -0.39 is 6.10 Å². The van der Waals surface area contributed by atoms with Gasteiger partial charge >= 0.3 is 0 Å². The van der Waals surface area contributed by atoms with E-state index in [2.05, 4.69) is 13.2 Å². The molecule has 0 aromatic heterocycles. The first kappa shape index (κ1) is 12.3. The molecule has 1 aliphatic carbocycles. The maximum Gasteiger partial charge on any atom is 0.137 e. The van der Waals surface area contributed by atoms with Crippen LogP contribution >= 0.6 is 0 Å². The Labute approximate surface area is 96.0 Å². The summed E-state index contributed by atoms with van der Waals surface area (Å²) in [5.74, 6) is -0.0362. The molecule has 1 rings (SSSR count). The molecule has 0 aromatic rings. The van der Waals surface area contributed by atoms with Gasteiger partial charge in [0.15, 0.2) is 0 Å². The zero-order valence-electron chi connectivity index (χ0n) is 9.21. The van der Waals surface area contributed by atoms with Gasteiger partial charge in [-0.15, -0.1) is 13.2 Å². The van der Waals surface area contributed by atoms with Crippen LogP contribution in [0.2, 0.25) is 0 Å². The van der Waals surface area contributed by atoms with Gasteiger partial charge in [0.05, 0.1) is 0 Å². The molecule has 3 heteroatoms. The summed E-state index contributed by atoms with van der Waals surface area (Å²) in [6.45, 7) is 8.66. The lowest BCUT2D eigenvalue weighted by molar-refractivity contribution is 0.182. The average molecular weight is 219 g/mol. The van der Waals surface area contributed by atoms with Crippen LogP contribution in [0.3, 0.4) is 0 Å². The van der Waals surface area contributed by atoms with Gasteiger partial charge in [-0.2, -0.15) is 0 Å². The molecule has 0 radical (unpaired) electrons. The van der Waals surface area contributed by atoms with Gasteiger partial charge in [0, 0.05) is 24.9 Å². The molecule has 0 heterocycles. The van der Waals surface area contributed by atoms with E-state index in [1.165, 1.54) is 6.08 Å². The van der Waals surface area contributed by atoms with E-state index in [4.69, 9.17) is 0 Å². The fraction of sp³-hybridized carbons (Fsp3) is 0.231. The van der Waals surface area contributed by atoms with Gasteiger partial charge in [0.2, 0.25) is 0 Å². The van der Waals surface area contributed by atoms with Gasteiger partial charge in [0.25, 0.3) is 0 Å². The molecule has 1 atom stereocenters. The van der Waals surface area contributed by atoms with E-state index in [1.807, 2.05) is 4.90 Å². The van der Waals surface area contributed by atoms with Crippen LogP contribution in [-0.4, -0.2) is 34.3 Å². The number of hydrogen-bond acceptors (Lipinski definition) is 3. The third-order valence-corrected chi connectivity index (χ3v) is 2.21. The maximum atomic E-state index is 9.71. The highest BCUT2D eigenvalue weighted by Gasteiger charge is 2.16. The van der Waals surface area contributed by atoms with Crippen LogP contribution in [0, 0.1) is 0 Å². The average Bonchev–Trinajstić information content (AvgIpc) is 2.25. The van der Waals surface area contributed by atoms with Crippen LogP contribution in [-0.2, 0) is 0 Å². The standard InChI is InChI=1S/C13H17NO2/c1-3-8-14(9-4-2)10-11-6-5-7-12(15)13(11)16/h3-7,10,13,15-16H,1-2,8-9H2. The van der Waals surface area contributed by atoms with E-state index in [1.54, 1.807) is 30.5 Å². The SMILES string of the molecule is C=CCN(C=C1C=CC=C(O)C1O)CC=C. The fourth-order valence-electron chi connectivity index (χ4n) is 1.45. The summed E-state index contributed by atoms with van der Waals surface area (Å²) in [5.41, 5.74) is 0.656. The summed E-state index contributed by atoms with van der Waals surface area (Å²) in [4.78, 5) is 1.95. The number of aliphatic hydroxyl groups excluding tert-OH is 2. The Morgan fingerprint density at radius 3 is 2.50 bits per heavy atom. The van der Waals surface area contributed by atoms with Crippen molar-refractivity contribution in [2.75, 3.05) is 13.1 Å². The first-order chi connectivity index (χ1) is 7.69. The third kappa shape index (κ3) is 3.14. The summed E-state index contributed by atoms with van der Waals surface area (Å²) >= 11 is 0. The van der Waals surface area contributed by atoms with Crippen molar-refractivity contribution >= 4 is 0 Å². The number of allylic oxidation sites excluding steroid dienone is 2. The van der Waals surface area contributed by atoms with E-state index in [-0.39, 0.29) is 5.76 Å².